The number of rotatable bonds is 14. The number of fused-ring (bicyclic) bond motifs is 2. The molecule has 1 saturated heterocycles. The number of carbonyl (C=O) groups is 2. The first-order valence-corrected chi connectivity index (χ1v) is 18.6. The van der Waals surface area contributed by atoms with Gasteiger partial charge in [-0.1, -0.05) is 104 Å². The van der Waals surface area contributed by atoms with Crippen LogP contribution in [-0.2, 0) is 15.1 Å². The maximum absolute atomic E-state index is 14.3. The highest BCUT2D eigenvalue weighted by Gasteiger charge is 2.47. The predicted molar refractivity (Wildman–Crippen MR) is 212 cm³/mol. The minimum absolute atomic E-state index is 0.0828. The summed E-state index contributed by atoms with van der Waals surface area (Å²) in [5.74, 6) is 0.350. The maximum Gasteiger partial charge on any atom is 0.330 e. The number of esters is 1. The number of hydrogen-bond acceptors (Lipinski definition) is 5. The fourth-order valence-corrected chi connectivity index (χ4v) is 7.54. The van der Waals surface area contributed by atoms with E-state index in [2.05, 4.69) is 55.1 Å². The number of amides is 1. The second kappa shape index (κ2) is 16.3. The first kappa shape index (κ1) is 35.7. The Balaban J connectivity index is 1.05. The summed E-state index contributed by atoms with van der Waals surface area (Å²) in [5, 5.41) is 17.4. The number of unbranched alkanes of at least 4 members (excludes halogenated alkanes) is 3. The van der Waals surface area contributed by atoms with Crippen molar-refractivity contribution in [2.75, 3.05) is 19.8 Å². The molecule has 6 aromatic rings. The van der Waals surface area contributed by atoms with Gasteiger partial charge in [-0.05, 0) is 119 Å². The van der Waals surface area contributed by atoms with Crippen LogP contribution in [0.2, 0.25) is 0 Å². The lowest BCUT2D eigenvalue weighted by atomic mass is 9.77. The SMILES string of the molecule is C=CC(=O)OCCCCCCOc1ccc(-c2ccc(C(=O)N3CCC[C@H]3C(O)(c3ccc4ccccc4c3)c3ccc4ccccc4c3)cc2)cc1. The third-order valence-electron chi connectivity index (χ3n) is 10.4. The van der Waals surface area contributed by atoms with Gasteiger partial charge in [0.15, 0.2) is 0 Å². The van der Waals surface area contributed by atoms with Gasteiger partial charge >= 0.3 is 5.97 Å². The van der Waals surface area contributed by atoms with E-state index in [1.165, 1.54) is 6.08 Å². The van der Waals surface area contributed by atoms with Crippen molar-refractivity contribution < 1.29 is 24.2 Å². The van der Waals surface area contributed by atoms with Crippen LogP contribution in [-0.4, -0.2) is 47.7 Å². The second-order valence-corrected chi connectivity index (χ2v) is 13.8. The van der Waals surface area contributed by atoms with Crippen molar-refractivity contribution in [3.8, 4) is 16.9 Å². The molecule has 0 spiro atoms. The molecular formula is C47H45NO5. The second-order valence-electron chi connectivity index (χ2n) is 13.8. The fourth-order valence-electron chi connectivity index (χ4n) is 7.54. The van der Waals surface area contributed by atoms with Crippen molar-refractivity contribution in [2.45, 2.75) is 50.2 Å². The Morgan fingerprint density at radius 2 is 1.25 bits per heavy atom. The summed E-state index contributed by atoms with van der Waals surface area (Å²) < 4.78 is 10.9. The summed E-state index contributed by atoms with van der Waals surface area (Å²) in [6.45, 7) is 5.01. The molecule has 0 radical (unpaired) electrons. The first-order chi connectivity index (χ1) is 25.9. The van der Waals surface area contributed by atoms with E-state index >= 15 is 0 Å². The molecule has 0 unspecified atom stereocenters. The quantitative estimate of drug-likeness (QED) is 0.0695. The highest BCUT2D eigenvalue weighted by Crippen LogP contribution is 2.42. The van der Waals surface area contributed by atoms with E-state index in [9.17, 15) is 14.7 Å². The van der Waals surface area contributed by atoms with Crippen molar-refractivity contribution in [3.63, 3.8) is 0 Å². The molecule has 1 atom stereocenters. The van der Waals surface area contributed by atoms with Crippen molar-refractivity contribution in [2.24, 2.45) is 0 Å². The normalized spacial score (nSPS) is 14.4. The molecule has 0 aromatic heterocycles. The molecule has 1 fully saturated rings. The lowest BCUT2D eigenvalue weighted by Gasteiger charge is -2.40. The average molecular weight is 704 g/mol. The van der Waals surface area contributed by atoms with E-state index in [1.54, 1.807) is 0 Å². The van der Waals surface area contributed by atoms with Gasteiger partial charge < -0.3 is 19.5 Å². The third kappa shape index (κ3) is 7.88. The standard InChI is InChI=1S/C47H45NO5/c1-2-45(49)53-31-10-4-3-9-30-52-43-27-23-37(24-28-43)36-17-19-38(20-18-36)46(50)48-29-11-16-44(48)47(51,41-25-21-34-12-5-7-14-39(34)32-41)42-26-22-35-13-6-8-15-40(35)33-42/h2,5-8,12-15,17-28,32-33,44,51H,1,3-4,9-11,16,29-31H2/t44-/m0/s1. The molecule has 6 heteroatoms. The molecule has 7 rings (SSSR count). The topological polar surface area (TPSA) is 76.1 Å². The van der Waals surface area contributed by atoms with Gasteiger partial charge in [-0.2, -0.15) is 0 Å². The van der Waals surface area contributed by atoms with Crippen LogP contribution in [0, 0.1) is 0 Å². The van der Waals surface area contributed by atoms with Crippen molar-refractivity contribution >= 4 is 33.4 Å². The van der Waals surface area contributed by atoms with Crippen molar-refractivity contribution in [3.05, 3.63) is 163 Å². The third-order valence-corrected chi connectivity index (χ3v) is 10.4. The molecule has 1 aliphatic heterocycles. The lowest BCUT2D eigenvalue weighted by molar-refractivity contribution is -0.137. The molecular weight excluding hydrogens is 659 g/mol. The molecule has 53 heavy (non-hydrogen) atoms. The van der Waals surface area contributed by atoms with Crippen LogP contribution < -0.4 is 4.74 Å². The van der Waals surface area contributed by atoms with Crippen LogP contribution in [0.1, 0.15) is 60.0 Å². The largest absolute Gasteiger partial charge is 0.494 e. The Hall–Kier alpha value is -5.72. The highest BCUT2D eigenvalue weighted by atomic mass is 16.5. The van der Waals surface area contributed by atoms with E-state index in [-0.39, 0.29) is 11.9 Å². The monoisotopic (exact) mass is 703 g/mol. The van der Waals surface area contributed by atoms with Gasteiger partial charge in [-0.25, -0.2) is 4.79 Å². The molecule has 0 saturated carbocycles. The van der Waals surface area contributed by atoms with E-state index in [1.807, 2.05) is 89.8 Å². The van der Waals surface area contributed by atoms with Crippen LogP contribution in [0.3, 0.4) is 0 Å². The zero-order valence-electron chi connectivity index (χ0n) is 30.0. The molecule has 6 aromatic carbocycles. The van der Waals surface area contributed by atoms with Gasteiger partial charge in [0.2, 0.25) is 0 Å². The van der Waals surface area contributed by atoms with Crippen molar-refractivity contribution in [1.82, 2.24) is 4.90 Å². The Labute approximate surface area is 311 Å². The minimum Gasteiger partial charge on any atom is -0.494 e. The number of likely N-dealkylation sites (tertiary alicyclic amines) is 1. The molecule has 1 heterocycles. The summed E-state index contributed by atoms with van der Waals surface area (Å²) in [4.78, 5) is 27.3. The summed E-state index contributed by atoms with van der Waals surface area (Å²) in [7, 11) is 0. The Morgan fingerprint density at radius 1 is 0.698 bits per heavy atom. The van der Waals surface area contributed by atoms with Crippen LogP contribution in [0.15, 0.2) is 146 Å². The van der Waals surface area contributed by atoms with Gasteiger partial charge in [-0.3, -0.25) is 4.79 Å². The summed E-state index contributed by atoms with van der Waals surface area (Å²) >= 11 is 0. The molecule has 268 valence electrons. The summed E-state index contributed by atoms with van der Waals surface area (Å²) in [5.41, 5.74) is 2.77. The van der Waals surface area contributed by atoms with Crippen LogP contribution in [0.4, 0.5) is 0 Å². The predicted octanol–water partition coefficient (Wildman–Crippen LogP) is 9.87. The zero-order chi connectivity index (χ0) is 36.6. The summed E-state index contributed by atoms with van der Waals surface area (Å²) in [6.07, 6.45) is 6.39. The summed E-state index contributed by atoms with van der Waals surface area (Å²) in [6, 6.07) is 43.9. The smallest absolute Gasteiger partial charge is 0.330 e. The number of carbonyl (C=O) groups excluding carboxylic acids is 2. The fraction of sp³-hybridized carbons (Fsp3) is 0.234. The molecule has 1 aliphatic rings. The van der Waals surface area contributed by atoms with E-state index in [4.69, 9.17) is 9.47 Å². The van der Waals surface area contributed by atoms with E-state index in [0.717, 1.165) is 81.7 Å². The highest BCUT2D eigenvalue weighted by molar-refractivity contribution is 5.95. The maximum atomic E-state index is 14.3. The van der Waals surface area contributed by atoms with E-state index < -0.39 is 11.6 Å². The Bertz CT molecular complexity index is 2130. The van der Waals surface area contributed by atoms with Gasteiger partial charge in [0.05, 0.1) is 19.3 Å². The Morgan fingerprint density at radius 3 is 1.83 bits per heavy atom. The van der Waals surface area contributed by atoms with Crippen molar-refractivity contribution in [1.29, 1.82) is 0 Å². The minimum atomic E-state index is -1.42. The molecule has 0 aliphatic carbocycles. The first-order valence-electron chi connectivity index (χ1n) is 18.6. The number of benzene rings is 6. The number of nitrogens with zero attached hydrogens (tertiary/aromatic N) is 1. The van der Waals surface area contributed by atoms with Crippen LogP contribution in [0.25, 0.3) is 32.7 Å². The van der Waals surface area contributed by atoms with E-state index in [0.29, 0.717) is 31.7 Å². The van der Waals surface area contributed by atoms with Crippen LogP contribution in [0.5, 0.6) is 5.75 Å². The zero-order valence-corrected chi connectivity index (χ0v) is 30.0. The molecule has 1 N–H and O–H groups in total. The molecule has 1 amide bonds. The number of aliphatic hydroxyl groups is 1. The lowest BCUT2D eigenvalue weighted by Crippen LogP contribution is -2.50. The number of ether oxygens (including phenoxy) is 2. The Kier molecular flexibility index (Phi) is 11.0. The van der Waals surface area contributed by atoms with Gasteiger partial charge in [-0.15, -0.1) is 0 Å². The number of hydrogen-bond donors (Lipinski definition) is 1. The van der Waals surface area contributed by atoms with Gasteiger partial charge in [0.25, 0.3) is 5.91 Å². The molecule has 6 nitrogen and oxygen atoms in total. The molecule has 0 bridgehead atoms. The van der Waals surface area contributed by atoms with Gasteiger partial charge in [0, 0.05) is 18.2 Å². The van der Waals surface area contributed by atoms with Gasteiger partial charge in [0.1, 0.15) is 11.4 Å². The van der Waals surface area contributed by atoms with Crippen LogP contribution >= 0.6 is 0 Å². The average Bonchev–Trinajstić information content (AvgIpc) is 3.72.